The van der Waals surface area contributed by atoms with Crippen LogP contribution in [0.5, 0.6) is 0 Å². The van der Waals surface area contributed by atoms with Crippen LogP contribution in [0.3, 0.4) is 0 Å². The van der Waals surface area contributed by atoms with E-state index in [4.69, 9.17) is 17.3 Å². The maximum absolute atomic E-state index is 12.2. The van der Waals surface area contributed by atoms with Gasteiger partial charge in [0.2, 0.25) is 5.91 Å². The van der Waals surface area contributed by atoms with Gasteiger partial charge in [0.15, 0.2) is 0 Å². The van der Waals surface area contributed by atoms with E-state index in [1.807, 2.05) is 0 Å². The number of primary amides is 1. The zero-order valence-corrected chi connectivity index (χ0v) is 9.98. The summed E-state index contributed by atoms with van der Waals surface area (Å²) in [5.74, 6) is -0.633. The van der Waals surface area contributed by atoms with Crippen molar-refractivity contribution in [3.8, 4) is 0 Å². The number of hydrogen-bond acceptors (Lipinski definition) is 2. The molecule has 2 rings (SSSR count). The van der Waals surface area contributed by atoms with Crippen LogP contribution >= 0.6 is 11.6 Å². The summed E-state index contributed by atoms with van der Waals surface area (Å²) in [6.45, 7) is 0.568. The molecule has 0 saturated carbocycles. The molecule has 2 amide bonds. The Labute approximate surface area is 104 Å². The van der Waals surface area contributed by atoms with Crippen LogP contribution in [0.4, 0.5) is 0 Å². The first-order valence-corrected chi connectivity index (χ1v) is 5.83. The summed E-state index contributed by atoms with van der Waals surface area (Å²) in [7, 11) is 0. The van der Waals surface area contributed by atoms with Gasteiger partial charge in [-0.15, -0.1) is 0 Å². The lowest BCUT2D eigenvalue weighted by Crippen LogP contribution is -2.43. The molecule has 1 aliphatic heterocycles. The number of nitrogens with two attached hydrogens (primary N) is 1. The first-order valence-electron chi connectivity index (χ1n) is 5.45. The lowest BCUT2D eigenvalue weighted by atomic mass is 10.1. The summed E-state index contributed by atoms with van der Waals surface area (Å²) < 4.78 is 0. The standard InChI is InChI=1S/C12H13ClN2O2/c13-9-4-1-3-8(7-9)12(17)15-6-2-5-10(15)11(14)16/h1,3-4,7,10H,2,5-6H2,(H2,14,16). The summed E-state index contributed by atoms with van der Waals surface area (Å²) in [5, 5.41) is 0.505. The fraction of sp³-hybridized carbons (Fsp3) is 0.333. The summed E-state index contributed by atoms with van der Waals surface area (Å²) in [6, 6.07) is 6.21. The van der Waals surface area contributed by atoms with Crippen LogP contribution < -0.4 is 5.73 Å². The predicted octanol–water partition coefficient (Wildman–Crippen LogP) is 1.43. The van der Waals surface area contributed by atoms with Crippen LogP contribution in [0, 0.1) is 0 Å². The topological polar surface area (TPSA) is 63.4 Å². The van der Waals surface area contributed by atoms with E-state index in [0.29, 0.717) is 23.6 Å². The molecule has 1 unspecified atom stereocenters. The maximum Gasteiger partial charge on any atom is 0.254 e. The van der Waals surface area contributed by atoms with Crippen LogP contribution in [0.25, 0.3) is 0 Å². The second-order valence-electron chi connectivity index (χ2n) is 4.07. The number of hydrogen-bond donors (Lipinski definition) is 1. The number of nitrogens with zero attached hydrogens (tertiary/aromatic N) is 1. The molecule has 1 atom stereocenters. The number of carbonyl (C=O) groups is 2. The lowest BCUT2D eigenvalue weighted by Gasteiger charge is -2.22. The molecule has 1 aliphatic rings. The lowest BCUT2D eigenvalue weighted by molar-refractivity contribution is -0.121. The van der Waals surface area contributed by atoms with Gasteiger partial charge in [-0.2, -0.15) is 0 Å². The van der Waals surface area contributed by atoms with Crippen LogP contribution in [0.15, 0.2) is 24.3 Å². The van der Waals surface area contributed by atoms with Crippen LogP contribution in [-0.2, 0) is 4.79 Å². The van der Waals surface area contributed by atoms with Crippen LogP contribution in [0.1, 0.15) is 23.2 Å². The van der Waals surface area contributed by atoms with E-state index in [1.165, 1.54) is 4.90 Å². The van der Waals surface area contributed by atoms with Crippen molar-refractivity contribution >= 4 is 23.4 Å². The zero-order chi connectivity index (χ0) is 12.4. The first kappa shape index (κ1) is 11.9. The van der Waals surface area contributed by atoms with Crippen molar-refractivity contribution in [1.82, 2.24) is 4.90 Å². The first-order chi connectivity index (χ1) is 8.09. The Kier molecular flexibility index (Phi) is 3.33. The quantitative estimate of drug-likeness (QED) is 0.866. The molecule has 1 aromatic carbocycles. The average molecular weight is 253 g/mol. The Bertz CT molecular complexity index is 462. The van der Waals surface area contributed by atoms with Gasteiger partial charge in [0.05, 0.1) is 0 Å². The number of likely N-dealkylation sites (tertiary alicyclic amines) is 1. The smallest absolute Gasteiger partial charge is 0.254 e. The number of benzene rings is 1. The Hall–Kier alpha value is -1.55. The van der Waals surface area contributed by atoms with E-state index < -0.39 is 11.9 Å². The third-order valence-electron chi connectivity index (χ3n) is 2.91. The summed E-state index contributed by atoms with van der Waals surface area (Å²) in [5.41, 5.74) is 5.77. The van der Waals surface area contributed by atoms with E-state index >= 15 is 0 Å². The van der Waals surface area contributed by atoms with E-state index in [0.717, 1.165) is 6.42 Å². The van der Waals surface area contributed by atoms with Crippen molar-refractivity contribution in [3.05, 3.63) is 34.9 Å². The summed E-state index contributed by atoms with van der Waals surface area (Å²) in [4.78, 5) is 24.9. The molecular weight excluding hydrogens is 240 g/mol. The molecule has 17 heavy (non-hydrogen) atoms. The second kappa shape index (κ2) is 4.75. The van der Waals surface area contributed by atoms with Gasteiger partial charge in [-0.05, 0) is 31.0 Å². The highest BCUT2D eigenvalue weighted by molar-refractivity contribution is 6.31. The number of rotatable bonds is 2. The minimum atomic E-state index is -0.485. The van der Waals surface area contributed by atoms with Crippen LogP contribution in [0.2, 0.25) is 5.02 Å². The SMILES string of the molecule is NC(=O)C1CCCN1C(=O)c1cccc(Cl)c1. The van der Waals surface area contributed by atoms with Gasteiger partial charge in [-0.25, -0.2) is 0 Å². The highest BCUT2D eigenvalue weighted by atomic mass is 35.5. The zero-order valence-electron chi connectivity index (χ0n) is 9.23. The summed E-state index contributed by atoms with van der Waals surface area (Å²) >= 11 is 5.83. The van der Waals surface area contributed by atoms with E-state index in [1.54, 1.807) is 24.3 Å². The Morgan fingerprint density at radius 2 is 2.18 bits per heavy atom. The normalized spacial score (nSPS) is 19.4. The summed E-state index contributed by atoms with van der Waals surface area (Å²) in [6.07, 6.45) is 1.45. The third kappa shape index (κ3) is 2.42. The van der Waals surface area contributed by atoms with Crippen LogP contribution in [-0.4, -0.2) is 29.3 Å². The monoisotopic (exact) mass is 252 g/mol. The number of halogens is 1. The van der Waals surface area contributed by atoms with Gasteiger partial charge in [-0.1, -0.05) is 17.7 Å². The highest BCUT2D eigenvalue weighted by Crippen LogP contribution is 2.21. The van der Waals surface area contributed by atoms with Crippen molar-refractivity contribution in [2.24, 2.45) is 5.73 Å². The second-order valence-corrected chi connectivity index (χ2v) is 4.51. The molecular formula is C12H13ClN2O2. The fourth-order valence-electron chi connectivity index (χ4n) is 2.09. The van der Waals surface area contributed by atoms with Gasteiger partial charge in [0, 0.05) is 17.1 Å². The van der Waals surface area contributed by atoms with E-state index in [-0.39, 0.29) is 5.91 Å². The number of amides is 2. The Balaban J connectivity index is 2.23. The van der Waals surface area contributed by atoms with Crippen molar-refractivity contribution in [2.45, 2.75) is 18.9 Å². The minimum absolute atomic E-state index is 0.186. The molecule has 5 heteroatoms. The van der Waals surface area contributed by atoms with Gasteiger partial charge in [-0.3, -0.25) is 9.59 Å². The third-order valence-corrected chi connectivity index (χ3v) is 3.15. The predicted molar refractivity (Wildman–Crippen MR) is 64.7 cm³/mol. The van der Waals surface area contributed by atoms with Gasteiger partial charge < -0.3 is 10.6 Å². The number of carbonyl (C=O) groups excluding carboxylic acids is 2. The van der Waals surface area contributed by atoms with E-state index in [9.17, 15) is 9.59 Å². The van der Waals surface area contributed by atoms with Crippen molar-refractivity contribution in [3.63, 3.8) is 0 Å². The average Bonchev–Trinajstić information content (AvgIpc) is 2.77. The molecule has 4 nitrogen and oxygen atoms in total. The Morgan fingerprint density at radius 1 is 1.41 bits per heavy atom. The van der Waals surface area contributed by atoms with Gasteiger partial charge >= 0.3 is 0 Å². The molecule has 0 aliphatic carbocycles. The molecule has 2 N–H and O–H groups in total. The van der Waals surface area contributed by atoms with Gasteiger partial charge in [0.25, 0.3) is 5.91 Å². The molecule has 1 saturated heterocycles. The Morgan fingerprint density at radius 3 is 2.82 bits per heavy atom. The molecule has 0 spiro atoms. The molecule has 1 fully saturated rings. The van der Waals surface area contributed by atoms with Gasteiger partial charge in [0.1, 0.15) is 6.04 Å². The van der Waals surface area contributed by atoms with Crippen molar-refractivity contribution < 1.29 is 9.59 Å². The van der Waals surface area contributed by atoms with E-state index in [2.05, 4.69) is 0 Å². The largest absolute Gasteiger partial charge is 0.368 e. The minimum Gasteiger partial charge on any atom is -0.368 e. The highest BCUT2D eigenvalue weighted by Gasteiger charge is 2.33. The van der Waals surface area contributed by atoms with Crippen molar-refractivity contribution in [2.75, 3.05) is 6.54 Å². The molecule has 0 aromatic heterocycles. The molecule has 90 valence electrons. The molecule has 0 radical (unpaired) electrons. The molecule has 0 bridgehead atoms. The fourth-order valence-corrected chi connectivity index (χ4v) is 2.28. The maximum atomic E-state index is 12.2. The van der Waals surface area contributed by atoms with Crippen molar-refractivity contribution in [1.29, 1.82) is 0 Å². The molecule has 1 heterocycles. The molecule has 1 aromatic rings.